The first-order chi connectivity index (χ1) is 9.04. The largest absolute Gasteiger partial charge is 0.496 e. The molecule has 100 valence electrons. The highest BCUT2D eigenvalue weighted by molar-refractivity contribution is 9.10. The van der Waals surface area contributed by atoms with E-state index in [2.05, 4.69) is 22.0 Å². The molecule has 0 bridgehead atoms. The average Bonchev–Trinajstić information content (AvgIpc) is 2.37. The zero-order valence-electron chi connectivity index (χ0n) is 10.9. The zero-order chi connectivity index (χ0) is 14.0. The second kappa shape index (κ2) is 5.22. The van der Waals surface area contributed by atoms with Crippen LogP contribution in [0.4, 0.5) is 0 Å². The smallest absolute Gasteiger partial charge is 0.258 e. The fraction of sp³-hybridized carbons (Fsp3) is 0.429. The minimum atomic E-state index is -0.644. The van der Waals surface area contributed by atoms with Gasteiger partial charge in [-0.3, -0.25) is 4.79 Å². The van der Waals surface area contributed by atoms with E-state index in [1.807, 2.05) is 0 Å². The summed E-state index contributed by atoms with van der Waals surface area (Å²) < 4.78 is 6.08. The first-order valence-corrected chi connectivity index (χ1v) is 6.86. The summed E-state index contributed by atoms with van der Waals surface area (Å²) in [6.45, 7) is 0. The quantitative estimate of drug-likeness (QED) is 0.859. The highest BCUT2D eigenvalue weighted by Gasteiger charge is 2.44. The van der Waals surface area contributed by atoms with Gasteiger partial charge in [-0.25, -0.2) is 0 Å². The Balaban J connectivity index is 2.32. The summed E-state index contributed by atoms with van der Waals surface area (Å²) in [4.78, 5) is 14.1. The van der Waals surface area contributed by atoms with Crippen LogP contribution in [-0.4, -0.2) is 30.5 Å². The maximum absolute atomic E-state index is 12.5. The van der Waals surface area contributed by atoms with Gasteiger partial charge in [-0.1, -0.05) is 15.9 Å². The van der Waals surface area contributed by atoms with E-state index in [1.165, 1.54) is 7.11 Å². The number of carbonyl (C=O) groups is 1. The molecule has 1 aliphatic rings. The highest BCUT2D eigenvalue weighted by Crippen LogP contribution is 2.38. The molecule has 4 nitrogen and oxygen atoms in total. The predicted molar refractivity (Wildman–Crippen MR) is 75.0 cm³/mol. The van der Waals surface area contributed by atoms with Gasteiger partial charge in [0.25, 0.3) is 5.91 Å². The lowest BCUT2D eigenvalue weighted by atomic mass is 9.76. The number of amides is 1. The molecule has 5 heteroatoms. The van der Waals surface area contributed by atoms with Gasteiger partial charge in [0, 0.05) is 11.5 Å². The van der Waals surface area contributed by atoms with Crippen LogP contribution in [0.15, 0.2) is 22.7 Å². The van der Waals surface area contributed by atoms with E-state index in [4.69, 9.17) is 4.74 Å². The SMILES string of the molecule is COc1cc(Br)ccc1C(=O)N(C)C1(C#N)CCC1. The molecular weight excluding hydrogens is 308 g/mol. The summed E-state index contributed by atoms with van der Waals surface area (Å²) in [7, 11) is 3.22. The van der Waals surface area contributed by atoms with Crippen molar-refractivity contribution in [2.45, 2.75) is 24.8 Å². The molecule has 0 spiro atoms. The van der Waals surface area contributed by atoms with Gasteiger partial charge in [0.15, 0.2) is 0 Å². The van der Waals surface area contributed by atoms with Gasteiger partial charge < -0.3 is 9.64 Å². The topological polar surface area (TPSA) is 53.3 Å². The first kappa shape index (κ1) is 13.9. The van der Waals surface area contributed by atoms with Crippen LogP contribution in [0, 0.1) is 11.3 Å². The van der Waals surface area contributed by atoms with E-state index in [0.717, 1.165) is 23.7 Å². The fourth-order valence-electron chi connectivity index (χ4n) is 2.25. The van der Waals surface area contributed by atoms with Crippen LogP contribution in [-0.2, 0) is 0 Å². The molecule has 0 heterocycles. The number of halogens is 1. The second-order valence-electron chi connectivity index (χ2n) is 4.71. The number of hydrogen-bond acceptors (Lipinski definition) is 3. The van der Waals surface area contributed by atoms with Crippen LogP contribution < -0.4 is 4.74 Å². The Kier molecular flexibility index (Phi) is 3.81. The molecule has 0 radical (unpaired) electrons. The average molecular weight is 323 g/mol. The Hall–Kier alpha value is -1.54. The summed E-state index contributed by atoms with van der Waals surface area (Å²) in [5.74, 6) is 0.337. The van der Waals surface area contributed by atoms with E-state index < -0.39 is 5.54 Å². The Morgan fingerprint density at radius 2 is 2.21 bits per heavy atom. The number of nitriles is 1. The maximum atomic E-state index is 12.5. The predicted octanol–water partition coefficient (Wildman–Crippen LogP) is 2.98. The molecule has 19 heavy (non-hydrogen) atoms. The summed E-state index contributed by atoms with van der Waals surface area (Å²) in [6.07, 6.45) is 2.47. The molecule has 0 aromatic heterocycles. The third-order valence-electron chi connectivity index (χ3n) is 3.73. The van der Waals surface area contributed by atoms with Gasteiger partial charge in [0.1, 0.15) is 11.3 Å². The third kappa shape index (κ3) is 2.33. The molecule has 1 aliphatic carbocycles. The third-order valence-corrected chi connectivity index (χ3v) is 4.22. The van der Waals surface area contributed by atoms with Crippen LogP contribution in [0.25, 0.3) is 0 Å². The van der Waals surface area contributed by atoms with Crippen LogP contribution in [0.3, 0.4) is 0 Å². The Morgan fingerprint density at radius 1 is 1.53 bits per heavy atom. The molecule has 1 aromatic carbocycles. The number of carbonyl (C=O) groups excluding carboxylic acids is 1. The standard InChI is InChI=1S/C14H15BrN2O2/c1-17(14(9-16)6-3-7-14)13(18)11-5-4-10(15)8-12(11)19-2/h4-5,8H,3,6-7H2,1-2H3. The minimum Gasteiger partial charge on any atom is -0.496 e. The van der Waals surface area contributed by atoms with E-state index in [9.17, 15) is 10.1 Å². The maximum Gasteiger partial charge on any atom is 0.258 e. The molecule has 0 N–H and O–H groups in total. The van der Waals surface area contributed by atoms with Crippen molar-refractivity contribution in [1.82, 2.24) is 4.90 Å². The summed E-state index contributed by atoms with van der Waals surface area (Å²) in [5.41, 5.74) is -0.162. The monoisotopic (exact) mass is 322 g/mol. The minimum absolute atomic E-state index is 0.175. The van der Waals surface area contributed by atoms with Crippen molar-refractivity contribution >= 4 is 21.8 Å². The Bertz CT molecular complexity index is 547. The fourth-order valence-corrected chi connectivity index (χ4v) is 2.59. The molecule has 0 aliphatic heterocycles. The van der Waals surface area contributed by atoms with Gasteiger partial charge in [-0.2, -0.15) is 5.26 Å². The number of nitrogens with zero attached hydrogens (tertiary/aromatic N) is 2. The second-order valence-corrected chi connectivity index (χ2v) is 5.62. The number of rotatable bonds is 3. The lowest BCUT2D eigenvalue weighted by Gasteiger charge is -2.43. The van der Waals surface area contributed by atoms with E-state index in [1.54, 1.807) is 30.1 Å². The van der Waals surface area contributed by atoms with Crippen molar-refractivity contribution < 1.29 is 9.53 Å². The van der Waals surface area contributed by atoms with Crippen molar-refractivity contribution in [1.29, 1.82) is 5.26 Å². The van der Waals surface area contributed by atoms with Gasteiger partial charge in [-0.05, 0) is 37.5 Å². The molecule has 1 saturated carbocycles. The van der Waals surface area contributed by atoms with Crippen LogP contribution >= 0.6 is 15.9 Å². The first-order valence-electron chi connectivity index (χ1n) is 6.07. The van der Waals surface area contributed by atoms with Gasteiger partial charge >= 0.3 is 0 Å². The summed E-state index contributed by atoms with van der Waals surface area (Å²) in [5, 5.41) is 9.29. The Morgan fingerprint density at radius 3 is 2.68 bits per heavy atom. The van der Waals surface area contributed by atoms with Crippen molar-refractivity contribution in [3.63, 3.8) is 0 Å². The highest BCUT2D eigenvalue weighted by atomic mass is 79.9. The van der Waals surface area contributed by atoms with Crippen molar-refractivity contribution in [3.05, 3.63) is 28.2 Å². The molecule has 1 fully saturated rings. The Labute approximate surface area is 121 Å². The molecule has 0 saturated heterocycles. The van der Waals surface area contributed by atoms with Crippen LogP contribution in [0.5, 0.6) is 5.75 Å². The van der Waals surface area contributed by atoms with E-state index >= 15 is 0 Å². The van der Waals surface area contributed by atoms with Crippen molar-refractivity contribution in [2.75, 3.05) is 14.2 Å². The number of methoxy groups -OCH3 is 1. The number of ether oxygens (including phenoxy) is 1. The molecular formula is C14H15BrN2O2. The van der Waals surface area contributed by atoms with E-state index in [0.29, 0.717) is 11.3 Å². The molecule has 1 aromatic rings. The van der Waals surface area contributed by atoms with E-state index in [-0.39, 0.29) is 5.91 Å². The molecule has 0 atom stereocenters. The lowest BCUT2D eigenvalue weighted by molar-refractivity contribution is 0.0494. The lowest BCUT2D eigenvalue weighted by Crippen LogP contribution is -2.53. The van der Waals surface area contributed by atoms with Gasteiger partial charge in [0.2, 0.25) is 0 Å². The number of hydrogen-bond donors (Lipinski definition) is 0. The summed E-state index contributed by atoms with van der Waals surface area (Å²) >= 11 is 3.34. The number of benzene rings is 1. The normalized spacial score (nSPS) is 16.1. The van der Waals surface area contributed by atoms with Gasteiger partial charge in [-0.15, -0.1) is 0 Å². The van der Waals surface area contributed by atoms with Crippen molar-refractivity contribution in [3.8, 4) is 11.8 Å². The van der Waals surface area contributed by atoms with Crippen LogP contribution in [0.2, 0.25) is 0 Å². The van der Waals surface area contributed by atoms with Gasteiger partial charge in [0.05, 0.1) is 18.7 Å². The zero-order valence-corrected chi connectivity index (χ0v) is 12.5. The molecule has 2 rings (SSSR count). The van der Waals surface area contributed by atoms with Crippen LogP contribution in [0.1, 0.15) is 29.6 Å². The molecule has 1 amide bonds. The van der Waals surface area contributed by atoms with Crippen molar-refractivity contribution in [2.24, 2.45) is 0 Å². The molecule has 0 unspecified atom stereocenters. The summed E-state index contributed by atoms with van der Waals surface area (Å²) in [6, 6.07) is 7.53.